The van der Waals surface area contributed by atoms with Crippen LogP contribution in [0.4, 0.5) is 10.5 Å². The third-order valence-electron chi connectivity index (χ3n) is 4.69. The van der Waals surface area contributed by atoms with Crippen LogP contribution in [0.1, 0.15) is 16.8 Å². The van der Waals surface area contributed by atoms with Crippen molar-refractivity contribution in [2.45, 2.75) is 6.54 Å². The van der Waals surface area contributed by atoms with Crippen LogP contribution in [0.2, 0.25) is 5.02 Å². The Morgan fingerprint density at radius 3 is 2.92 bits per heavy atom. The number of amides is 1. The minimum absolute atomic E-state index is 0.297. The molecule has 25 heavy (non-hydrogen) atoms. The summed E-state index contributed by atoms with van der Waals surface area (Å²) >= 11 is 6.28. The summed E-state index contributed by atoms with van der Waals surface area (Å²) in [6.45, 7) is 1.64. The van der Waals surface area contributed by atoms with Crippen LogP contribution in [0.25, 0.3) is 10.9 Å². The molecule has 1 saturated heterocycles. The second-order valence-corrected chi connectivity index (χ2v) is 6.57. The monoisotopic (exact) mass is 351 g/mol. The predicted molar refractivity (Wildman–Crippen MR) is 97.8 cm³/mol. The SMILES string of the molecule is O=C1OCCN1c1ccc2c(c1)C(c1cc3cccc(Cl)c3[nH]1)=NC2. The summed E-state index contributed by atoms with van der Waals surface area (Å²) in [4.78, 5) is 21.6. The standard InChI is InChI=1S/C19H14ClN3O2/c20-15-3-1-2-11-8-16(22-17(11)15)18-14-9-13(5-4-12(14)10-21-18)23-6-7-25-19(23)24/h1-5,8-9,22H,6-7,10H2. The van der Waals surface area contributed by atoms with E-state index in [-0.39, 0.29) is 6.09 Å². The first-order valence-electron chi connectivity index (χ1n) is 8.10. The van der Waals surface area contributed by atoms with E-state index in [9.17, 15) is 4.79 Å². The number of anilines is 1. The highest BCUT2D eigenvalue weighted by Crippen LogP contribution is 2.31. The molecule has 5 nitrogen and oxygen atoms in total. The number of rotatable bonds is 2. The van der Waals surface area contributed by atoms with Crippen LogP contribution in [0.15, 0.2) is 47.5 Å². The van der Waals surface area contributed by atoms with Gasteiger partial charge in [0.1, 0.15) is 6.61 Å². The van der Waals surface area contributed by atoms with Gasteiger partial charge in [0.15, 0.2) is 0 Å². The van der Waals surface area contributed by atoms with Gasteiger partial charge in [0.25, 0.3) is 0 Å². The summed E-state index contributed by atoms with van der Waals surface area (Å²) in [5.41, 5.74) is 5.77. The quantitative estimate of drug-likeness (QED) is 0.754. The van der Waals surface area contributed by atoms with Gasteiger partial charge in [-0.05, 0) is 29.8 Å². The lowest BCUT2D eigenvalue weighted by molar-refractivity contribution is 0.181. The number of nitrogens with zero attached hydrogens (tertiary/aromatic N) is 2. The molecule has 2 aliphatic heterocycles. The molecule has 0 saturated carbocycles. The second kappa shape index (κ2) is 5.36. The molecule has 1 N–H and O–H groups in total. The van der Waals surface area contributed by atoms with E-state index in [2.05, 4.69) is 11.1 Å². The average Bonchev–Trinajstić information content (AvgIpc) is 3.31. The van der Waals surface area contributed by atoms with Crippen LogP contribution in [-0.4, -0.2) is 29.9 Å². The van der Waals surface area contributed by atoms with Crippen LogP contribution in [-0.2, 0) is 11.3 Å². The Bertz CT molecular complexity index is 1050. The van der Waals surface area contributed by atoms with Gasteiger partial charge in [-0.1, -0.05) is 29.8 Å². The van der Waals surface area contributed by atoms with E-state index in [0.29, 0.717) is 24.7 Å². The molecule has 1 fully saturated rings. The number of H-pyrrole nitrogens is 1. The Morgan fingerprint density at radius 1 is 1.20 bits per heavy atom. The molecule has 1 amide bonds. The van der Waals surface area contributed by atoms with Gasteiger partial charge >= 0.3 is 6.09 Å². The van der Waals surface area contributed by atoms with Crippen LogP contribution < -0.4 is 4.90 Å². The zero-order valence-corrected chi connectivity index (χ0v) is 14.0. The maximum Gasteiger partial charge on any atom is 0.414 e. The number of aromatic amines is 1. The van der Waals surface area contributed by atoms with Gasteiger partial charge in [-0.15, -0.1) is 0 Å². The maximum absolute atomic E-state index is 11.8. The molecule has 124 valence electrons. The first-order valence-corrected chi connectivity index (χ1v) is 8.48. The Hall–Kier alpha value is -2.79. The number of benzene rings is 2. The summed E-state index contributed by atoms with van der Waals surface area (Å²) in [6.07, 6.45) is -0.297. The highest BCUT2D eigenvalue weighted by atomic mass is 35.5. The van der Waals surface area contributed by atoms with E-state index >= 15 is 0 Å². The molecule has 1 aromatic heterocycles. The number of carbonyl (C=O) groups excluding carboxylic acids is 1. The lowest BCUT2D eigenvalue weighted by Crippen LogP contribution is -2.23. The molecule has 0 radical (unpaired) electrons. The fourth-order valence-electron chi connectivity index (χ4n) is 3.45. The minimum Gasteiger partial charge on any atom is -0.447 e. The smallest absolute Gasteiger partial charge is 0.414 e. The molecular formula is C19H14ClN3O2. The molecule has 0 atom stereocenters. The molecule has 0 aliphatic carbocycles. The van der Waals surface area contributed by atoms with Crippen molar-refractivity contribution in [1.29, 1.82) is 0 Å². The number of carbonyl (C=O) groups is 1. The Labute approximate surface area is 148 Å². The Kier molecular flexibility index (Phi) is 3.12. The van der Waals surface area contributed by atoms with E-state index in [1.165, 1.54) is 0 Å². The first-order chi connectivity index (χ1) is 12.2. The van der Waals surface area contributed by atoms with Crippen molar-refractivity contribution in [2.24, 2.45) is 4.99 Å². The summed E-state index contributed by atoms with van der Waals surface area (Å²) in [5, 5.41) is 1.74. The molecule has 0 bridgehead atoms. The van der Waals surface area contributed by atoms with Gasteiger partial charge < -0.3 is 9.72 Å². The lowest BCUT2D eigenvalue weighted by Gasteiger charge is -2.14. The molecule has 3 heterocycles. The highest BCUT2D eigenvalue weighted by molar-refractivity contribution is 6.35. The van der Waals surface area contributed by atoms with Crippen molar-refractivity contribution in [1.82, 2.24) is 4.98 Å². The molecule has 3 aromatic rings. The van der Waals surface area contributed by atoms with Crippen molar-refractivity contribution >= 4 is 40.0 Å². The number of aliphatic imine (C=N–C) groups is 1. The van der Waals surface area contributed by atoms with Gasteiger partial charge in [-0.2, -0.15) is 0 Å². The van der Waals surface area contributed by atoms with E-state index < -0.39 is 0 Å². The van der Waals surface area contributed by atoms with Gasteiger partial charge in [0, 0.05) is 16.6 Å². The van der Waals surface area contributed by atoms with Crippen molar-refractivity contribution in [3.05, 3.63) is 64.3 Å². The number of cyclic esters (lactones) is 1. The molecule has 5 rings (SSSR count). The normalized spacial score (nSPS) is 16.3. The second-order valence-electron chi connectivity index (χ2n) is 6.16. The van der Waals surface area contributed by atoms with E-state index in [0.717, 1.165) is 39.1 Å². The molecule has 6 heteroatoms. The molecule has 2 aliphatic rings. The van der Waals surface area contributed by atoms with Gasteiger partial charge in [0.05, 0.1) is 35.0 Å². The molecule has 0 spiro atoms. The average molecular weight is 352 g/mol. The van der Waals surface area contributed by atoms with Crippen molar-refractivity contribution in [3.8, 4) is 0 Å². The van der Waals surface area contributed by atoms with Crippen molar-refractivity contribution in [3.63, 3.8) is 0 Å². The topological polar surface area (TPSA) is 57.7 Å². The fraction of sp³-hybridized carbons (Fsp3) is 0.158. The fourth-order valence-corrected chi connectivity index (χ4v) is 3.67. The van der Waals surface area contributed by atoms with E-state index in [4.69, 9.17) is 21.3 Å². The van der Waals surface area contributed by atoms with Crippen molar-refractivity contribution in [2.75, 3.05) is 18.1 Å². The number of ether oxygens (including phenoxy) is 1. The lowest BCUT2D eigenvalue weighted by atomic mass is 10.0. The zero-order valence-electron chi connectivity index (χ0n) is 13.3. The summed E-state index contributed by atoms with van der Waals surface area (Å²) in [5.74, 6) is 0. The molecular weight excluding hydrogens is 338 g/mol. The van der Waals surface area contributed by atoms with Crippen LogP contribution in [0.3, 0.4) is 0 Å². The van der Waals surface area contributed by atoms with Crippen molar-refractivity contribution < 1.29 is 9.53 Å². The largest absolute Gasteiger partial charge is 0.447 e. The third-order valence-corrected chi connectivity index (χ3v) is 5.00. The zero-order chi connectivity index (χ0) is 17.0. The number of para-hydroxylation sites is 1. The number of hydrogen-bond donors (Lipinski definition) is 1. The van der Waals surface area contributed by atoms with Crippen LogP contribution >= 0.6 is 11.6 Å². The van der Waals surface area contributed by atoms with Crippen LogP contribution in [0, 0.1) is 0 Å². The predicted octanol–water partition coefficient (Wildman–Crippen LogP) is 4.13. The molecule has 2 aromatic carbocycles. The summed E-state index contributed by atoms with van der Waals surface area (Å²) in [6, 6.07) is 13.9. The highest BCUT2D eigenvalue weighted by Gasteiger charge is 2.26. The van der Waals surface area contributed by atoms with E-state index in [1.807, 2.05) is 36.4 Å². The molecule has 0 unspecified atom stereocenters. The van der Waals surface area contributed by atoms with Gasteiger partial charge in [-0.3, -0.25) is 9.89 Å². The minimum atomic E-state index is -0.297. The Balaban J connectivity index is 1.59. The number of fused-ring (bicyclic) bond motifs is 2. The number of nitrogens with one attached hydrogen (secondary N) is 1. The van der Waals surface area contributed by atoms with Gasteiger partial charge in [0.2, 0.25) is 0 Å². The number of aromatic nitrogens is 1. The number of hydrogen-bond acceptors (Lipinski definition) is 3. The summed E-state index contributed by atoms with van der Waals surface area (Å²) < 4.78 is 5.04. The maximum atomic E-state index is 11.8. The summed E-state index contributed by atoms with van der Waals surface area (Å²) in [7, 11) is 0. The third kappa shape index (κ3) is 2.23. The number of halogens is 1. The van der Waals surface area contributed by atoms with E-state index in [1.54, 1.807) is 4.90 Å². The van der Waals surface area contributed by atoms with Gasteiger partial charge in [-0.25, -0.2) is 4.79 Å². The Morgan fingerprint density at radius 2 is 2.12 bits per heavy atom. The van der Waals surface area contributed by atoms with Crippen LogP contribution in [0.5, 0.6) is 0 Å². The first kappa shape index (κ1) is 14.5.